The van der Waals surface area contributed by atoms with Crippen LogP contribution in [0.2, 0.25) is 0 Å². The molecule has 0 bridgehead atoms. The molecule has 4 rings (SSSR count). The highest BCUT2D eigenvalue weighted by atomic mass is 17.0. The summed E-state index contributed by atoms with van der Waals surface area (Å²) >= 11 is 0. The van der Waals surface area contributed by atoms with Crippen molar-refractivity contribution in [1.82, 2.24) is 5.23 Å². The van der Waals surface area contributed by atoms with Crippen LogP contribution in [0.15, 0.2) is 63.8 Å². The lowest BCUT2D eigenvalue weighted by atomic mass is 9.86. The third-order valence-electron chi connectivity index (χ3n) is 6.50. The molecule has 10 nitrogen and oxygen atoms in total. The first-order chi connectivity index (χ1) is 17.2. The van der Waals surface area contributed by atoms with E-state index in [0.29, 0.717) is 5.39 Å². The zero-order valence-electron chi connectivity index (χ0n) is 20.2. The molecule has 36 heavy (non-hydrogen) atoms. The van der Waals surface area contributed by atoms with Crippen molar-refractivity contribution in [3.05, 3.63) is 76.1 Å². The van der Waals surface area contributed by atoms with Crippen LogP contribution in [0.3, 0.4) is 0 Å². The summed E-state index contributed by atoms with van der Waals surface area (Å²) in [6.07, 6.45) is -6.14. The molecule has 194 valence electrons. The lowest BCUT2D eigenvalue weighted by Gasteiger charge is -2.41. The monoisotopic (exact) mass is 501 g/mol. The summed E-state index contributed by atoms with van der Waals surface area (Å²) in [5, 5.41) is 43.0. The van der Waals surface area contributed by atoms with Crippen LogP contribution in [0.5, 0.6) is 5.75 Å². The summed E-state index contributed by atoms with van der Waals surface area (Å²) in [5.74, 6) is -0.767. The Kier molecular flexibility index (Phi) is 8.06. The van der Waals surface area contributed by atoms with Crippen LogP contribution in [0.4, 0.5) is 0 Å². The fourth-order valence-corrected chi connectivity index (χ4v) is 4.52. The van der Waals surface area contributed by atoms with Crippen LogP contribution in [0.25, 0.3) is 11.0 Å². The van der Waals surface area contributed by atoms with Crippen LogP contribution < -0.4 is 5.63 Å². The van der Waals surface area contributed by atoms with Gasteiger partial charge in [0.2, 0.25) is 6.29 Å². The lowest BCUT2D eigenvalue weighted by Crippen LogP contribution is -2.58. The first-order valence-electron chi connectivity index (χ1n) is 11.7. The normalized spacial score (nSPS) is 26.2. The molecule has 3 aromatic rings. The van der Waals surface area contributed by atoms with E-state index in [0.717, 1.165) is 10.8 Å². The largest absolute Gasteiger partial charge is 0.507 e. The first-order valence-corrected chi connectivity index (χ1v) is 11.7. The topological polar surface area (TPSA) is 142 Å². The fraction of sp³-hybridized carbons (Fsp3) is 0.423. The minimum Gasteiger partial charge on any atom is -0.507 e. The molecule has 4 N–H and O–H groups in total. The van der Waals surface area contributed by atoms with Gasteiger partial charge in [-0.25, -0.2) is 9.63 Å². The number of hydroxylamine groups is 2. The highest BCUT2D eigenvalue weighted by Crippen LogP contribution is 2.37. The molecular formula is C26H31NO9. The summed E-state index contributed by atoms with van der Waals surface area (Å²) in [6, 6.07) is 15.4. The standard InChI is InChI=1S/C26H31NO9/c1-14(27(33-3)36-26-24(31)23(30)21(28)15(2)34-26)13-18(16-9-5-4-6-10-16)20-22(29)17-11-7-8-12-19(17)35-25(20)32/h4-12,14-15,18,21,23-24,26,28-31H,13H2,1-3H3/t14?,15-,18?,21+,23+,24-,26?/m1/s1. The highest BCUT2D eigenvalue weighted by Gasteiger charge is 2.44. The molecule has 2 heterocycles. The Hall–Kier alpha value is -2.83. The number of hydrogen-bond acceptors (Lipinski definition) is 10. The van der Waals surface area contributed by atoms with Gasteiger partial charge in [-0.15, -0.1) is 0 Å². The number of benzene rings is 2. The van der Waals surface area contributed by atoms with Crippen molar-refractivity contribution in [2.45, 2.75) is 62.9 Å². The van der Waals surface area contributed by atoms with Gasteiger partial charge in [-0.3, -0.25) is 4.84 Å². The number of aliphatic hydroxyl groups is 3. The van der Waals surface area contributed by atoms with Crippen molar-refractivity contribution in [2.24, 2.45) is 0 Å². The van der Waals surface area contributed by atoms with Gasteiger partial charge in [0.05, 0.1) is 30.2 Å². The van der Waals surface area contributed by atoms with E-state index < -0.39 is 48.3 Å². The van der Waals surface area contributed by atoms with E-state index in [4.69, 9.17) is 18.8 Å². The number of hydrogen-bond donors (Lipinski definition) is 4. The van der Waals surface area contributed by atoms with Crippen LogP contribution in [-0.4, -0.2) is 69.5 Å². The van der Waals surface area contributed by atoms with Crippen molar-refractivity contribution in [2.75, 3.05) is 7.11 Å². The zero-order valence-corrected chi connectivity index (χ0v) is 20.2. The molecule has 0 radical (unpaired) electrons. The Morgan fingerprint density at radius 2 is 1.67 bits per heavy atom. The maximum atomic E-state index is 13.0. The molecule has 1 aliphatic heterocycles. The molecule has 7 atom stereocenters. The SMILES string of the molecule is CON(OC1O[C@H](C)[C@H](O)[C@H](O)[C@H]1O)C(C)CC(c1ccccc1)c1c(O)c2ccccc2oc1=O. The average Bonchev–Trinajstić information content (AvgIpc) is 2.88. The Bertz CT molecular complexity index is 1220. The van der Waals surface area contributed by atoms with Crippen LogP contribution in [0, 0.1) is 0 Å². The molecule has 1 fully saturated rings. The van der Waals surface area contributed by atoms with Gasteiger partial charge < -0.3 is 29.6 Å². The summed E-state index contributed by atoms with van der Waals surface area (Å²) < 4.78 is 11.0. The van der Waals surface area contributed by atoms with E-state index in [9.17, 15) is 25.2 Å². The molecule has 10 heteroatoms. The predicted octanol–water partition coefficient (Wildman–Crippen LogP) is 2.03. The van der Waals surface area contributed by atoms with Gasteiger partial charge in [0.1, 0.15) is 29.6 Å². The van der Waals surface area contributed by atoms with Gasteiger partial charge >= 0.3 is 5.63 Å². The predicted molar refractivity (Wildman–Crippen MR) is 129 cm³/mol. The molecule has 2 aromatic carbocycles. The number of para-hydroxylation sites is 1. The molecular weight excluding hydrogens is 470 g/mol. The van der Waals surface area contributed by atoms with E-state index in [2.05, 4.69) is 0 Å². The van der Waals surface area contributed by atoms with Gasteiger partial charge in [-0.05, 0) is 38.0 Å². The second-order valence-corrected chi connectivity index (χ2v) is 8.95. The molecule has 1 aliphatic rings. The minimum atomic E-state index is -1.53. The molecule has 0 saturated carbocycles. The van der Waals surface area contributed by atoms with Crippen molar-refractivity contribution < 1.29 is 39.3 Å². The number of aromatic hydroxyl groups is 1. The fourth-order valence-electron chi connectivity index (χ4n) is 4.52. The number of rotatable bonds is 8. The van der Waals surface area contributed by atoms with E-state index in [1.54, 1.807) is 38.1 Å². The molecule has 0 spiro atoms. The Morgan fingerprint density at radius 3 is 2.36 bits per heavy atom. The van der Waals surface area contributed by atoms with Gasteiger partial charge in [-0.1, -0.05) is 47.7 Å². The lowest BCUT2D eigenvalue weighted by molar-refractivity contribution is -0.452. The minimum absolute atomic E-state index is 0.101. The van der Waals surface area contributed by atoms with Crippen LogP contribution in [-0.2, 0) is 14.4 Å². The zero-order chi connectivity index (χ0) is 26.0. The molecule has 0 aliphatic carbocycles. The summed E-state index contributed by atoms with van der Waals surface area (Å²) in [4.78, 5) is 24.1. The molecule has 3 unspecified atom stereocenters. The van der Waals surface area contributed by atoms with Crippen LogP contribution in [0.1, 0.15) is 37.3 Å². The maximum Gasteiger partial charge on any atom is 0.343 e. The first kappa shape index (κ1) is 26.2. The number of fused-ring (bicyclic) bond motifs is 1. The maximum absolute atomic E-state index is 13.0. The van der Waals surface area contributed by atoms with Gasteiger partial charge in [0.25, 0.3) is 0 Å². The Morgan fingerprint density at radius 1 is 1.00 bits per heavy atom. The second kappa shape index (κ2) is 11.1. The van der Waals surface area contributed by atoms with Gasteiger partial charge in [0, 0.05) is 5.92 Å². The van der Waals surface area contributed by atoms with Gasteiger partial charge in [0.15, 0.2) is 0 Å². The Balaban J connectivity index is 1.65. The number of aliphatic hydroxyl groups excluding tert-OH is 3. The van der Waals surface area contributed by atoms with Crippen molar-refractivity contribution in [3.63, 3.8) is 0 Å². The van der Waals surface area contributed by atoms with Gasteiger partial charge in [-0.2, -0.15) is 0 Å². The highest BCUT2D eigenvalue weighted by molar-refractivity contribution is 5.84. The molecule has 0 amide bonds. The van der Waals surface area contributed by atoms with E-state index in [-0.39, 0.29) is 23.3 Å². The average molecular weight is 502 g/mol. The van der Waals surface area contributed by atoms with E-state index in [1.165, 1.54) is 7.11 Å². The Labute approximate surface area is 207 Å². The third kappa shape index (κ3) is 5.16. The summed E-state index contributed by atoms with van der Waals surface area (Å²) in [5.41, 5.74) is 0.487. The van der Waals surface area contributed by atoms with E-state index in [1.807, 2.05) is 30.3 Å². The van der Waals surface area contributed by atoms with Crippen molar-refractivity contribution in [1.29, 1.82) is 0 Å². The quantitative estimate of drug-likeness (QED) is 0.268. The summed E-state index contributed by atoms with van der Waals surface area (Å²) in [6.45, 7) is 3.31. The molecule has 1 aromatic heterocycles. The van der Waals surface area contributed by atoms with Crippen molar-refractivity contribution in [3.8, 4) is 5.75 Å². The summed E-state index contributed by atoms with van der Waals surface area (Å²) in [7, 11) is 1.36. The smallest absolute Gasteiger partial charge is 0.343 e. The number of nitrogens with zero attached hydrogens (tertiary/aromatic N) is 1. The number of ether oxygens (including phenoxy) is 1. The molecule has 1 saturated heterocycles. The van der Waals surface area contributed by atoms with E-state index >= 15 is 0 Å². The van der Waals surface area contributed by atoms with Crippen molar-refractivity contribution >= 4 is 11.0 Å². The van der Waals surface area contributed by atoms with Crippen LogP contribution >= 0.6 is 0 Å². The third-order valence-corrected chi connectivity index (χ3v) is 6.50. The second-order valence-electron chi connectivity index (χ2n) is 8.95.